The van der Waals surface area contributed by atoms with Crippen molar-refractivity contribution < 1.29 is 8.42 Å². The molecule has 7 heteroatoms. The van der Waals surface area contributed by atoms with Crippen LogP contribution in [0.15, 0.2) is 41.7 Å². The maximum Gasteiger partial charge on any atom is 0.240 e. The van der Waals surface area contributed by atoms with Gasteiger partial charge in [0.2, 0.25) is 10.0 Å². The Balaban J connectivity index is 2.01. The van der Waals surface area contributed by atoms with E-state index < -0.39 is 10.0 Å². The van der Waals surface area contributed by atoms with Crippen LogP contribution in [0.3, 0.4) is 0 Å². The van der Waals surface area contributed by atoms with E-state index in [4.69, 9.17) is 11.6 Å². The second-order valence-corrected chi connectivity index (χ2v) is 6.04. The summed E-state index contributed by atoms with van der Waals surface area (Å²) in [5, 5.41) is 0. The smallest absolute Gasteiger partial charge is 0.240 e. The molecule has 0 bridgehead atoms. The van der Waals surface area contributed by atoms with E-state index in [1.807, 2.05) is 0 Å². The molecule has 0 aliphatic rings. The number of imidazole rings is 1. The van der Waals surface area contributed by atoms with Gasteiger partial charge in [0.05, 0.1) is 11.2 Å². The van der Waals surface area contributed by atoms with Gasteiger partial charge in [0.25, 0.3) is 0 Å². The first-order chi connectivity index (χ1) is 9.12. The first-order valence-electron chi connectivity index (χ1n) is 5.73. The summed E-state index contributed by atoms with van der Waals surface area (Å²) >= 11 is 5.69. The number of hydrogen-bond donors (Lipinski definition) is 2. The van der Waals surface area contributed by atoms with Gasteiger partial charge in [-0.05, 0) is 17.7 Å². The molecule has 1 heterocycles. The lowest BCUT2D eigenvalue weighted by atomic mass is 10.2. The van der Waals surface area contributed by atoms with Crippen LogP contribution < -0.4 is 4.72 Å². The number of nitrogens with one attached hydrogen (secondary N) is 2. The zero-order chi connectivity index (χ0) is 13.7. The molecule has 1 aromatic carbocycles. The first kappa shape index (κ1) is 14.0. The average Bonchev–Trinajstić information content (AvgIpc) is 2.92. The number of hydrogen-bond acceptors (Lipinski definition) is 3. The van der Waals surface area contributed by atoms with Gasteiger partial charge in [-0.15, -0.1) is 11.6 Å². The Morgan fingerprint density at radius 2 is 2.21 bits per heavy atom. The lowest BCUT2D eigenvalue weighted by Crippen LogP contribution is -2.26. The molecule has 0 saturated carbocycles. The highest BCUT2D eigenvalue weighted by Crippen LogP contribution is 2.12. The van der Waals surface area contributed by atoms with Crippen molar-refractivity contribution >= 4 is 21.6 Å². The molecule has 0 atom stereocenters. The summed E-state index contributed by atoms with van der Waals surface area (Å²) in [5.41, 5.74) is 1.66. The number of sulfonamides is 1. The number of halogens is 1. The van der Waals surface area contributed by atoms with Gasteiger partial charge in [-0.1, -0.05) is 12.1 Å². The van der Waals surface area contributed by atoms with Crippen molar-refractivity contribution in [3.8, 4) is 0 Å². The van der Waals surface area contributed by atoms with Gasteiger partial charge in [0.1, 0.15) is 0 Å². The standard InChI is InChI=1S/C12H14ClN3O2S/c13-7-10-2-1-3-12(6-10)19(17,18)16-5-4-11-8-14-9-15-11/h1-3,6,8-9,16H,4-5,7H2,(H,14,15). The van der Waals surface area contributed by atoms with Crippen molar-refractivity contribution in [2.24, 2.45) is 0 Å². The van der Waals surface area contributed by atoms with Crippen LogP contribution in [0.25, 0.3) is 0 Å². The second-order valence-electron chi connectivity index (χ2n) is 4.01. The molecule has 0 radical (unpaired) electrons. The normalized spacial score (nSPS) is 11.6. The second kappa shape index (κ2) is 6.18. The predicted molar refractivity (Wildman–Crippen MR) is 73.5 cm³/mol. The summed E-state index contributed by atoms with van der Waals surface area (Å²) in [6.45, 7) is 0.315. The highest BCUT2D eigenvalue weighted by Gasteiger charge is 2.13. The molecule has 2 rings (SSSR count). The molecule has 0 saturated heterocycles. The zero-order valence-corrected chi connectivity index (χ0v) is 11.7. The van der Waals surface area contributed by atoms with Crippen molar-refractivity contribution in [2.75, 3.05) is 6.54 Å². The van der Waals surface area contributed by atoms with Crippen LogP contribution in [0.4, 0.5) is 0 Å². The summed E-state index contributed by atoms with van der Waals surface area (Å²) in [6.07, 6.45) is 3.80. The number of benzene rings is 1. The molecular formula is C12H14ClN3O2S. The van der Waals surface area contributed by atoms with E-state index in [2.05, 4.69) is 14.7 Å². The quantitative estimate of drug-likeness (QED) is 0.797. The molecule has 5 nitrogen and oxygen atoms in total. The first-order valence-corrected chi connectivity index (χ1v) is 7.75. The van der Waals surface area contributed by atoms with Gasteiger partial charge in [-0.2, -0.15) is 0 Å². The van der Waals surface area contributed by atoms with Gasteiger partial charge < -0.3 is 4.98 Å². The van der Waals surface area contributed by atoms with Gasteiger partial charge in [-0.3, -0.25) is 0 Å². The van der Waals surface area contributed by atoms with E-state index in [0.29, 0.717) is 13.0 Å². The van der Waals surface area contributed by atoms with Gasteiger partial charge in [0, 0.05) is 30.7 Å². The zero-order valence-electron chi connectivity index (χ0n) is 10.1. The van der Waals surface area contributed by atoms with Crippen LogP contribution >= 0.6 is 11.6 Å². The van der Waals surface area contributed by atoms with Crippen LogP contribution in [0, 0.1) is 0 Å². The summed E-state index contributed by atoms with van der Waals surface area (Å²) in [5.74, 6) is 0.289. The molecular weight excluding hydrogens is 286 g/mol. The lowest BCUT2D eigenvalue weighted by molar-refractivity contribution is 0.581. The molecule has 0 spiro atoms. The SMILES string of the molecule is O=S(=O)(NCCc1cnc[nH]1)c1cccc(CCl)c1. The maximum absolute atomic E-state index is 12.0. The molecule has 0 unspecified atom stereocenters. The largest absolute Gasteiger partial charge is 0.348 e. The molecule has 1 aromatic heterocycles. The van der Waals surface area contributed by atoms with E-state index in [9.17, 15) is 8.42 Å². The number of aromatic nitrogens is 2. The topological polar surface area (TPSA) is 74.8 Å². The third-order valence-corrected chi connectivity index (χ3v) is 4.37. The van der Waals surface area contributed by atoms with E-state index >= 15 is 0 Å². The van der Waals surface area contributed by atoms with E-state index in [1.54, 1.807) is 36.8 Å². The third-order valence-electron chi connectivity index (χ3n) is 2.60. The number of alkyl halides is 1. The van der Waals surface area contributed by atoms with Crippen LogP contribution in [0.5, 0.6) is 0 Å². The Labute approximate surface area is 117 Å². The molecule has 0 fully saturated rings. The maximum atomic E-state index is 12.0. The fourth-order valence-electron chi connectivity index (χ4n) is 1.62. The third kappa shape index (κ3) is 3.79. The number of rotatable bonds is 6. The Hall–Kier alpha value is -1.37. The van der Waals surface area contributed by atoms with E-state index in [0.717, 1.165) is 11.3 Å². The van der Waals surface area contributed by atoms with Gasteiger partial charge >= 0.3 is 0 Å². The van der Waals surface area contributed by atoms with Gasteiger partial charge in [0.15, 0.2) is 0 Å². The average molecular weight is 300 g/mol. The van der Waals surface area contributed by atoms with Crippen molar-refractivity contribution in [3.05, 3.63) is 48.0 Å². The van der Waals surface area contributed by atoms with Crippen LogP contribution in [0.1, 0.15) is 11.3 Å². The van der Waals surface area contributed by atoms with Crippen molar-refractivity contribution in [1.82, 2.24) is 14.7 Å². The summed E-state index contributed by atoms with van der Waals surface area (Å²) in [6, 6.07) is 6.60. The number of H-pyrrole nitrogens is 1. The Kier molecular flexibility index (Phi) is 4.57. The minimum atomic E-state index is -3.49. The lowest BCUT2D eigenvalue weighted by Gasteiger charge is -2.07. The fraction of sp³-hybridized carbons (Fsp3) is 0.250. The van der Waals surface area contributed by atoms with Gasteiger partial charge in [-0.25, -0.2) is 18.1 Å². The van der Waals surface area contributed by atoms with E-state index in [1.165, 1.54) is 0 Å². The Morgan fingerprint density at radius 3 is 2.89 bits per heavy atom. The highest BCUT2D eigenvalue weighted by molar-refractivity contribution is 7.89. The molecule has 0 amide bonds. The minimum Gasteiger partial charge on any atom is -0.348 e. The number of nitrogens with zero attached hydrogens (tertiary/aromatic N) is 1. The Bertz CT molecular complexity index is 626. The monoisotopic (exact) mass is 299 g/mol. The minimum absolute atomic E-state index is 0.232. The van der Waals surface area contributed by atoms with Crippen molar-refractivity contribution in [1.29, 1.82) is 0 Å². The Morgan fingerprint density at radius 1 is 1.37 bits per heavy atom. The molecule has 0 aliphatic heterocycles. The highest BCUT2D eigenvalue weighted by atomic mass is 35.5. The summed E-state index contributed by atoms with van der Waals surface area (Å²) in [4.78, 5) is 7.02. The van der Waals surface area contributed by atoms with Crippen LogP contribution in [-0.4, -0.2) is 24.9 Å². The number of aromatic amines is 1. The van der Waals surface area contributed by atoms with Crippen molar-refractivity contribution in [3.63, 3.8) is 0 Å². The molecule has 19 heavy (non-hydrogen) atoms. The van der Waals surface area contributed by atoms with Crippen LogP contribution in [-0.2, 0) is 22.3 Å². The fourth-order valence-corrected chi connectivity index (χ4v) is 2.89. The van der Waals surface area contributed by atoms with Crippen molar-refractivity contribution in [2.45, 2.75) is 17.2 Å². The summed E-state index contributed by atoms with van der Waals surface area (Å²) < 4.78 is 26.6. The van der Waals surface area contributed by atoms with E-state index in [-0.39, 0.29) is 10.8 Å². The molecule has 0 aliphatic carbocycles. The predicted octanol–water partition coefficient (Wildman–Crippen LogP) is 1.67. The summed E-state index contributed by atoms with van der Waals surface area (Å²) in [7, 11) is -3.49. The molecule has 2 aromatic rings. The molecule has 102 valence electrons. The molecule has 2 N–H and O–H groups in total. The van der Waals surface area contributed by atoms with Crippen LogP contribution in [0.2, 0.25) is 0 Å².